The summed E-state index contributed by atoms with van der Waals surface area (Å²) in [6.07, 6.45) is 1.04. The van der Waals surface area contributed by atoms with Gasteiger partial charge in [0.2, 0.25) is 5.95 Å². The molecular weight excluding hydrogens is 314 g/mol. The largest absolute Gasteiger partial charge is 0.378 e. The molecule has 1 fully saturated rings. The fraction of sp³-hybridized carbons (Fsp3) is 0.368. The van der Waals surface area contributed by atoms with Crippen molar-refractivity contribution >= 4 is 28.5 Å². The summed E-state index contributed by atoms with van der Waals surface area (Å²) in [5.74, 6) is 1.57. The van der Waals surface area contributed by atoms with Crippen molar-refractivity contribution < 1.29 is 4.74 Å². The van der Waals surface area contributed by atoms with Gasteiger partial charge in [0, 0.05) is 24.5 Å². The molecule has 0 spiro atoms. The molecule has 3 aromatic rings. The lowest BCUT2D eigenvalue weighted by Crippen LogP contribution is -2.37. The normalized spacial score (nSPS) is 14.9. The van der Waals surface area contributed by atoms with E-state index in [-0.39, 0.29) is 0 Å². The van der Waals surface area contributed by atoms with E-state index >= 15 is 0 Å². The van der Waals surface area contributed by atoms with Crippen LogP contribution in [-0.2, 0) is 11.2 Å². The number of hydrogen-bond acceptors (Lipinski definition) is 5. The van der Waals surface area contributed by atoms with Crippen molar-refractivity contribution in [2.45, 2.75) is 20.3 Å². The number of benzene rings is 1. The van der Waals surface area contributed by atoms with Crippen LogP contribution >= 0.6 is 0 Å². The van der Waals surface area contributed by atoms with Gasteiger partial charge in [-0.05, 0) is 37.1 Å². The van der Waals surface area contributed by atoms with E-state index < -0.39 is 0 Å². The summed E-state index contributed by atoms with van der Waals surface area (Å²) in [6.45, 7) is 7.26. The van der Waals surface area contributed by atoms with Gasteiger partial charge in [0.15, 0.2) is 0 Å². The van der Waals surface area contributed by atoms with Gasteiger partial charge in [0.1, 0.15) is 11.5 Å². The predicted octanol–water partition coefficient (Wildman–Crippen LogP) is 3.41. The number of aromatic amines is 1. The van der Waals surface area contributed by atoms with E-state index in [1.54, 1.807) is 0 Å². The second kappa shape index (κ2) is 6.72. The summed E-state index contributed by atoms with van der Waals surface area (Å²) >= 11 is 0. The molecule has 0 unspecified atom stereocenters. The third kappa shape index (κ3) is 3.30. The Bertz CT molecular complexity index is 865. The molecule has 0 aliphatic carbocycles. The average molecular weight is 337 g/mol. The number of fused-ring (bicyclic) bond motifs is 1. The second-order valence-corrected chi connectivity index (χ2v) is 6.36. The van der Waals surface area contributed by atoms with E-state index in [1.165, 1.54) is 5.56 Å². The lowest BCUT2D eigenvalue weighted by atomic mass is 10.1. The Morgan fingerprint density at radius 2 is 1.92 bits per heavy atom. The number of aromatic nitrogens is 3. The molecule has 130 valence electrons. The van der Waals surface area contributed by atoms with Crippen LogP contribution in [0.3, 0.4) is 0 Å². The number of ether oxygens (including phenoxy) is 1. The molecule has 6 nitrogen and oxygen atoms in total. The number of nitrogens with zero attached hydrogens (tertiary/aromatic N) is 3. The van der Waals surface area contributed by atoms with Crippen molar-refractivity contribution in [3.63, 3.8) is 0 Å². The maximum Gasteiger partial charge on any atom is 0.229 e. The maximum absolute atomic E-state index is 5.44. The number of nitrogens with one attached hydrogen (secondary N) is 2. The smallest absolute Gasteiger partial charge is 0.229 e. The van der Waals surface area contributed by atoms with Crippen LogP contribution in [0, 0.1) is 6.92 Å². The molecule has 6 heteroatoms. The standard InChI is InChI=1S/C19H23N5O/c1-3-14-4-6-15(7-5-14)21-18-16-12-13(2)20-17(16)22-19(23-18)24-8-10-25-11-9-24/h4-7,12H,3,8-11H2,1-2H3,(H2,20,21,22,23). The average Bonchev–Trinajstić information content (AvgIpc) is 3.03. The highest BCUT2D eigenvalue weighted by Gasteiger charge is 2.17. The molecule has 1 aliphatic heterocycles. The number of H-pyrrole nitrogens is 1. The van der Waals surface area contributed by atoms with Crippen molar-refractivity contribution in [1.29, 1.82) is 0 Å². The first-order valence-electron chi connectivity index (χ1n) is 8.79. The Morgan fingerprint density at radius 1 is 1.16 bits per heavy atom. The van der Waals surface area contributed by atoms with E-state index in [0.29, 0.717) is 13.2 Å². The molecule has 1 saturated heterocycles. The van der Waals surface area contributed by atoms with Crippen molar-refractivity contribution in [3.05, 3.63) is 41.6 Å². The van der Waals surface area contributed by atoms with Crippen LogP contribution in [0.2, 0.25) is 0 Å². The predicted molar refractivity (Wildman–Crippen MR) is 101 cm³/mol. The van der Waals surface area contributed by atoms with Crippen molar-refractivity contribution in [2.24, 2.45) is 0 Å². The Kier molecular flexibility index (Phi) is 4.28. The van der Waals surface area contributed by atoms with Gasteiger partial charge in [0.05, 0.1) is 18.6 Å². The van der Waals surface area contributed by atoms with E-state index in [9.17, 15) is 0 Å². The van der Waals surface area contributed by atoms with Gasteiger partial charge < -0.3 is 19.9 Å². The molecule has 25 heavy (non-hydrogen) atoms. The molecule has 2 N–H and O–H groups in total. The van der Waals surface area contributed by atoms with Gasteiger partial charge in [-0.15, -0.1) is 0 Å². The van der Waals surface area contributed by atoms with Gasteiger partial charge >= 0.3 is 0 Å². The Morgan fingerprint density at radius 3 is 2.64 bits per heavy atom. The molecule has 0 bridgehead atoms. The first kappa shape index (κ1) is 15.9. The van der Waals surface area contributed by atoms with E-state index in [1.807, 2.05) is 6.92 Å². The number of rotatable bonds is 4. The molecule has 1 aliphatic rings. The second-order valence-electron chi connectivity index (χ2n) is 6.36. The van der Waals surface area contributed by atoms with Crippen LogP contribution in [-0.4, -0.2) is 41.3 Å². The zero-order valence-corrected chi connectivity index (χ0v) is 14.7. The van der Waals surface area contributed by atoms with Crippen LogP contribution in [0.15, 0.2) is 30.3 Å². The third-order valence-corrected chi connectivity index (χ3v) is 4.53. The van der Waals surface area contributed by atoms with Gasteiger partial charge in [-0.3, -0.25) is 0 Å². The fourth-order valence-electron chi connectivity index (χ4n) is 3.09. The summed E-state index contributed by atoms with van der Waals surface area (Å²) in [6, 6.07) is 10.6. The zero-order chi connectivity index (χ0) is 17.2. The Balaban J connectivity index is 1.71. The minimum atomic E-state index is 0.715. The highest BCUT2D eigenvalue weighted by Crippen LogP contribution is 2.27. The number of morpholine rings is 1. The van der Waals surface area contributed by atoms with E-state index in [4.69, 9.17) is 14.7 Å². The summed E-state index contributed by atoms with van der Waals surface area (Å²) in [5.41, 5.74) is 4.29. The summed E-state index contributed by atoms with van der Waals surface area (Å²) in [4.78, 5) is 15.0. The monoisotopic (exact) mass is 337 g/mol. The SMILES string of the molecule is CCc1ccc(Nc2nc(N3CCOCC3)nc3[nH]c(C)cc23)cc1. The van der Waals surface area contributed by atoms with Gasteiger partial charge in [0.25, 0.3) is 0 Å². The molecule has 4 rings (SSSR count). The third-order valence-electron chi connectivity index (χ3n) is 4.53. The number of aryl methyl sites for hydroxylation is 2. The van der Waals surface area contributed by atoms with E-state index in [2.05, 4.69) is 52.5 Å². The topological polar surface area (TPSA) is 66.1 Å². The van der Waals surface area contributed by atoms with Crippen LogP contribution in [0.4, 0.5) is 17.5 Å². The molecule has 0 atom stereocenters. The van der Waals surface area contributed by atoms with Gasteiger partial charge in [-0.2, -0.15) is 9.97 Å². The van der Waals surface area contributed by atoms with Crippen LogP contribution in [0.25, 0.3) is 11.0 Å². The molecular formula is C19H23N5O. The highest BCUT2D eigenvalue weighted by atomic mass is 16.5. The van der Waals surface area contributed by atoms with Crippen molar-refractivity contribution in [2.75, 3.05) is 36.5 Å². The van der Waals surface area contributed by atoms with Crippen LogP contribution in [0.5, 0.6) is 0 Å². The minimum absolute atomic E-state index is 0.715. The van der Waals surface area contributed by atoms with Crippen molar-refractivity contribution in [1.82, 2.24) is 15.0 Å². The molecule has 1 aromatic carbocycles. The Hall–Kier alpha value is -2.60. The molecule has 3 heterocycles. The van der Waals surface area contributed by atoms with Crippen LogP contribution in [0.1, 0.15) is 18.2 Å². The fourth-order valence-corrected chi connectivity index (χ4v) is 3.09. The quantitative estimate of drug-likeness (QED) is 0.764. The number of anilines is 3. The van der Waals surface area contributed by atoms with Crippen molar-refractivity contribution in [3.8, 4) is 0 Å². The highest BCUT2D eigenvalue weighted by molar-refractivity contribution is 5.90. The molecule has 0 saturated carbocycles. The van der Waals surface area contributed by atoms with Gasteiger partial charge in [-0.25, -0.2) is 0 Å². The minimum Gasteiger partial charge on any atom is -0.378 e. The zero-order valence-electron chi connectivity index (χ0n) is 14.7. The molecule has 2 aromatic heterocycles. The van der Waals surface area contributed by atoms with E-state index in [0.717, 1.165) is 53.7 Å². The lowest BCUT2D eigenvalue weighted by molar-refractivity contribution is 0.122. The first-order chi connectivity index (χ1) is 12.2. The molecule has 0 radical (unpaired) electrons. The van der Waals surface area contributed by atoms with Gasteiger partial charge in [-0.1, -0.05) is 19.1 Å². The summed E-state index contributed by atoms with van der Waals surface area (Å²) in [7, 11) is 0. The number of hydrogen-bond donors (Lipinski definition) is 2. The maximum atomic E-state index is 5.44. The molecule has 0 amide bonds. The first-order valence-corrected chi connectivity index (χ1v) is 8.79. The Labute approximate surface area is 147 Å². The summed E-state index contributed by atoms with van der Waals surface area (Å²) < 4.78 is 5.44. The van der Waals surface area contributed by atoms with Crippen LogP contribution < -0.4 is 10.2 Å². The lowest BCUT2D eigenvalue weighted by Gasteiger charge is -2.27. The summed E-state index contributed by atoms with van der Waals surface area (Å²) in [5, 5.41) is 4.47.